The number of anilines is 3. The van der Waals surface area contributed by atoms with Crippen molar-refractivity contribution in [1.82, 2.24) is 4.47 Å². The molecule has 10 heteroatoms. The van der Waals surface area contributed by atoms with E-state index in [-0.39, 0.29) is 28.9 Å². The van der Waals surface area contributed by atoms with E-state index < -0.39 is 10.9 Å². The highest BCUT2D eigenvalue weighted by Crippen LogP contribution is 2.42. The average molecular weight is 492 g/mol. The van der Waals surface area contributed by atoms with E-state index >= 15 is 0 Å². The highest BCUT2D eigenvalue weighted by molar-refractivity contribution is 7.97. The third-order valence-electron chi connectivity index (χ3n) is 5.00. The number of benzene rings is 2. The van der Waals surface area contributed by atoms with E-state index in [1.54, 1.807) is 13.1 Å². The van der Waals surface area contributed by atoms with Gasteiger partial charge < -0.3 is 20.5 Å². The molecule has 0 aliphatic carbocycles. The van der Waals surface area contributed by atoms with Gasteiger partial charge in [0.2, 0.25) is 0 Å². The van der Waals surface area contributed by atoms with E-state index in [9.17, 15) is 14.7 Å². The second kappa shape index (κ2) is 11.5. The number of hydroxylamine groups is 1. The molecule has 176 valence electrons. The number of hydrogen-bond acceptors (Lipinski definition) is 9. The monoisotopic (exact) mass is 491 g/mol. The molecule has 0 saturated carbocycles. The van der Waals surface area contributed by atoms with Gasteiger partial charge in [-0.05, 0) is 36.1 Å². The average Bonchev–Trinajstić information content (AvgIpc) is 2.84. The standard InChI is InChI=1S/C23H26ClN3O5S/c1-4-15(13-32-12-14-8-6-5-7-9-14)25-18-19(22(30)21(18)29)26-17-11-10-16(24)23(20(17)28)33-27(2)31-3/h5-11,15,25-26,28H,4,12-13H2,1-3H3/t15-/m1/s1. The van der Waals surface area contributed by atoms with Gasteiger partial charge in [-0.25, -0.2) is 0 Å². The molecule has 3 N–H and O–H groups in total. The fraction of sp³-hybridized carbons (Fsp3) is 0.304. The van der Waals surface area contributed by atoms with Crippen molar-refractivity contribution in [2.45, 2.75) is 30.9 Å². The Balaban J connectivity index is 1.71. The van der Waals surface area contributed by atoms with Crippen LogP contribution in [0, 0.1) is 0 Å². The van der Waals surface area contributed by atoms with Crippen molar-refractivity contribution in [1.29, 1.82) is 0 Å². The van der Waals surface area contributed by atoms with Crippen LogP contribution in [0.25, 0.3) is 0 Å². The van der Waals surface area contributed by atoms with Crippen molar-refractivity contribution in [2.75, 3.05) is 31.4 Å². The molecular weight excluding hydrogens is 466 g/mol. The molecular formula is C23H26ClN3O5S. The molecule has 0 aromatic heterocycles. The summed E-state index contributed by atoms with van der Waals surface area (Å²) >= 11 is 7.27. The molecule has 3 aromatic rings. The molecule has 0 bridgehead atoms. The molecule has 0 saturated heterocycles. The van der Waals surface area contributed by atoms with Gasteiger partial charge >= 0.3 is 0 Å². The van der Waals surface area contributed by atoms with Gasteiger partial charge in [0, 0.05) is 13.1 Å². The van der Waals surface area contributed by atoms with E-state index in [0.29, 0.717) is 29.6 Å². The Bertz CT molecular complexity index is 1150. The second-order valence-electron chi connectivity index (χ2n) is 7.27. The maximum Gasteiger partial charge on any atom is 0.253 e. The van der Waals surface area contributed by atoms with E-state index in [4.69, 9.17) is 21.2 Å². The lowest BCUT2D eigenvalue weighted by molar-refractivity contribution is -0.0146. The number of phenolic OH excluding ortho intramolecular Hbond substituents is 1. The zero-order valence-corrected chi connectivity index (χ0v) is 20.1. The normalized spacial score (nSPS) is 12.3. The first-order valence-electron chi connectivity index (χ1n) is 10.3. The Morgan fingerprint density at radius 2 is 1.82 bits per heavy atom. The third-order valence-corrected chi connectivity index (χ3v) is 6.43. The maximum absolute atomic E-state index is 12.3. The van der Waals surface area contributed by atoms with Gasteiger partial charge in [-0.3, -0.25) is 14.4 Å². The van der Waals surface area contributed by atoms with E-state index in [1.165, 1.54) is 17.6 Å². The zero-order chi connectivity index (χ0) is 24.0. The van der Waals surface area contributed by atoms with Gasteiger partial charge in [-0.2, -0.15) is 0 Å². The third kappa shape index (κ3) is 6.07. The lowest BCUT2D eigenvalue weighted by Gasteiger charge is -2.22. The zero-order valence-electron chi connectivity index (χ0n) is 18.6. The van der Waals surface area contributed by atoms with Gasteiger partial charge in [-0.1, -0.05) is 48.9 Å². The molecule has 1 atom stereocenters. The minimum absolute atomic E-state index is 0.0928. The molecule has 0 heterocycles. The second-order valence-corrected chi connectivity index (χ2v) is 8.78. The van der Waals surface area contributed by atoms with Crippen LogP contribution in [0.5, 0.6) is 5.75 Å². The summed E-state index contributed by atoms with van der Waals surface area (Å²) in [7, 11) is 3.14. The number of ether oxygens (including phenoxy) is 1. The Hall–Kier alpha value is -2.56. The number of phenols is 1. The molecule has 0 amide bonds. The lowest BCUT2D eigenvalue weighted by atomic mass is 10.1. The Morgan fingerprint density at radius 1 is 1.12 bits per heavy atom. The van der Waals surface area contributed by atoms with Crippen LogP contribution in [0.1, 0.15) is 18.9 Å². The van der Waals surface area contributed by atoms with Crippen LogP contribution in [0.4, 0.5) is 17.1 Å². The van der Waals surface area contributed by atoms with Crippen molar-refractivity contribution in [2.24, 2.45) is 0 Å². The summed E-state index contributed by atoms with van der Waals surface area (Å²) in [5.41, 5.74) is 0.295. The molecule has 3 rings (SSSR count). The number of nitrogens with zero attached hydrogens (tertiary/aromatic N) is 1. The molecule has 0 aliphatic rings. The summed E-state index contributed by atoms with van der Waals surface area (Å²) in [5.74, 6) is -0.159. The van der Waals surface area contributed by atoms with Gasteiger partial charge in [-0.15, -0.1) is 4.47 Å². The van der Waals surface area contributed by atoms with Crippen molar-refractivity contribution >= 4 is 40.6 Å². The molecule has 0 spiro atoms. The maximum atomic E-state index is 12.3. The predicted octanol–water partition coefficient (Wildman–Crippen LogP) is 4.29. The van der Waals surface area contributed by atoms with Crippen LogP contribution in [0.3, 0.4) is 0 Å². The largest absolute Gasteiger partial charge is 0.505 e. The molecule has 0 aliphatic heterocycles. The minimum Gasteiger partial charge on any atom is -0.505 e. The summed E-state index contributed by atoms with van der Waals surface area (Å²) < 4.78 is 7.19. The molecule has 3 aromatic carbocycles. The Morgan fingerprint density at radius 3 is 2.48 bits per heavy atom. The molecule has 0 radical (unpaired) electrons. The molecule has 8 nitrogen and oxygen atoms in total. The number of rotatable bonds is 12. The number of halogens is 1. The summed E-state index contributed by atoms with van der Waals surface area (Å²) in [6.07, 6.45) is 0.684. The van der Waals surface area contributed by atoms with Crippen LogP contribution >= 0.6 is 23.5 Å². The van der Waals surface area contributed by atoms with Gasteiger partial charge in [0.15, 0.2) is 5.75 Å². The Labute approximate surface area is 201 Å². The van der Waals surface area contributed by atoms with E-state index in [1.807, 2.05) is 37.3 Å². The van der Waals surface area contributed by atoms with Gasteiger partial charge in [0.25, 0.3) is 10.9 Å². The molecule has 0 fully saturated rings. The van der Waals surface area contributed by atoms with Gasteiger partial charge in [0.05, 0.1) is 35.9 Å². The smallest absolute Gasteiger partial charge is 0.253 e. The first-order chi connectivity index (χ1) is 15.8. The minimum atomic E-state index is -0.657. The van der Waals surface area contributed by atoms with Crippen LogP contribution in [-0.4, -0.2) is 36.4 Å². The Kier molecular flexibility index (Phi) is 8.76. The fourth-order valence-corrected chi connectivity index (χ4v) is 3.98. The van der Waals surface area contributed by atoms with E-state index in [2.05, 4.69) is 10.6 Å². The summed E-state index contributed by atoms with van der Waals surface area (Å²) in [6, 6.07) is 12.7. The first kappa shape index (κ1) is 25.1. The number of hydrogen-bond donors (Lipinski definition) is 3. The highest BCUT2D eigenvalue weighted by atomic mass is 35.5. The van der Waals surface area contributed by atoms with Crippen molar-refractivity contribution in [3.8, 4) is 5.75 Å². The number of aromatic hydroxyl groups is 1. The predicted molar refractivity (Wildman–Crippen MR) is 132 cm³/mol. The lowest BCUT2D eigenvalue weighted by Crippen LogP contribution is -2.40. The summed E-state index contributed by atoms with van der Waals surface area (Å²) in [4.78, 5) is 29.9. The molecule has 33 heavy (non-hydrogen) atoms. The summed E-state index contributed by atoms with van der Waals surface area (Å²) in [6.45, 7) is 2.77. The summed E-state index contributed by atoms with van der Waals surface area (Å²) in [5, 5.41) is 17.0. The number of nitrogens with one attached hydrogen (secondary N) is 2. The topological polar surface area (TPSA) is 100 Å². The van der Waals surface area contributed by atoms with Crippen LogP contribution in [0.2, 0.25) is 5.02 Å². The molecule has 0 unspecified atom stereocenters. The van der Waals surface area contributed by atoms with E-state index in [0.717, 1.165) is 17.5 Å². The fourth-order valence-electron chi connectivity index (χ4n) is 3.04. The highest BCUT2D eigenvalue weighted by Gasteiger charge is 2.25. The van der Waals surface area contributed by atoms with Crippen molar-refractivity contribution in [3.05, 3.63) is 73.5 Å². The SMILES string of the molecule is CC[C@H](COCc1ccccc1)Nc1c(Nc2ccc(Cl)c(SN(C)OC)c2O)c(=O)c1=O. The van der Waals surface area contributed by atoms with Crippen molar-refractivity contribution < 1.29 is 14.7 Å². The quantitative estimate of drug-likeness (QED) is 0.148. The van der Waals surface area contributed by atoms with Crippen LogP contribution in [0.15, 0.2) is 56.9 Å². The first-order valence-corrected chi connectivity index (χ1v) is 11.5. The van der Waals surface area contributed by atoms with Crippen LogP contribution < -0.4 is 21.5 Å². The van der Waals surface area contributed by atoms with Crippen LogP contribution in [-0.2, 0) is 16.2 Å². The van der Waals surface area contributed by atoms with Gasteiger partial charge in [0.1, 0.15) is 11.4 Å². The van der Waals surface area contributed by atoms with Crippen molar-refractivity contribution in [3.63, 3.8) is 0 Å².